The monoisotopic (exact) mass is 356 g/mol. The van der Waals surface area contributed by atoms with Crippen LogP contribution in [0.1, 0.15) is 34.3 Å². The average Bonchev–Trinajstić information content (AvgIpc) is 3.10. The lowest BCUT2D eigenvalue weighted by Gasteiger charge is -2.23. The average molecular weight is 356 g/mol. The lowest BCUT2D eigenvalue weighted by atomic mass is 10.1. The first-order chi connectivity index (χ1) is 12.5. The molecule has 2 N–H and O–H groups in total. The number of likely N-dealkylation sites (tertiary alicyclic amines) is 1. The molecule has 1 fully saturated rings. The number of nitrogens with one attached hydrogen (secondary N) is 1. The van der Waals surface area contributed by atoms with Gasteiger partial charge in [0.05, 0.1) is 11.6 Å². The van der Waals surface area contributed by atoms with E-state index in [0.717, 1.165) is 30.5 Å². The van der Waals surface area contributed by atoms with E-state index in [1.807, 2.05) is 0 Å². The number of hydrogen-bond donors (Lipinski definition) is 2. The van der Waals surface area contributed by atoms with Gasteiger partial charge in [-0.3, -0.25) is 9.69 Å². The third kappa shape index (κ3) is 4.46. The van der Waals surface area contributed by atoms with Gasteiger partial charge in [0.15, 0.2) is 0 Å². The second-order valence-electron chi connectivity index (χ2n) is 6.47. The Morgan fingerprint density at radius 3 is 2.38 bits per heavy atom. The molecule has 0 bridgehead atoms. The van der Waals surface area contributed by atoms with Crippen LogP contribution in [-0.4, -0.2) is 34.5 Å². The first-order valence-corrected chi connectivity index (χ1v) is 8.61. The van der Waals surface area contributed by atoms with Crippen molar-refractivity contribution in [3.63, 3.8) is 0 Å². The summed E-state index contributed by atoms with van der Waals surface area (Å²) in [4.78, 5) is 25.5. The molecule has 0 aliphatic carbocycles. The molecule has 26 heavy (non-hydrogen) atoms. The molecule has 2 aromatic rings. The van der Waals surface area contributed by atoms with Gasteiger partial charge in [0.1, 0.15) is 5.82 Å². The van der Waals surface area contributed by atoms with E-state index in [1.165, 1.54) is 24.3 Å². The van der Waals surface area contributed by atoms with Crippen molar-refractivity contribution in [1.82, 2.24) is 10.2 Å². The van der Waals surface area contributed by atoms with E-state index in [-0.39, 0.29) is 23.3 Å². The van der Waals surface area contributed by atoms with Crippen LogP contribution in [0.25, 0.3) is 0 Å². The minimum Gasteiger partial charge on any atom is -0.478 e. The zero-order valence-electron chi connectivity index (χ0n) is 14.3. The van der Waals surface area contributed by atoms with Gasteiger partial charge in [-0.05, 0) is 54.8 Å². The summed E-state index contributed by atoms with van der Waals surface area (Å²) in [6, 6.07) is 12.6. The Balaban J connectivity index is 1.56. The number of benzene rings is 2. The van der Waals surface area contributed by atoms with Crippen LogP contribution >= 0.6 is 0 Å². The standard InChI is InChI=1S/C20H21FN2O3/c21-17-9-5-15(6-10-17)13-23-11-1-2-18(23)19(24)22-12-14-3-7-16(8-4-14)20(25)26/h3-10,18H,1-2,11-13H2,(H,22,24)(H,25,26)/t18-/m0/s1. The van der Waals surface area contributed by atoms with Crippen molar-refractivity contribution in [3.05, 3.63) is 71.0 Å². The van der Waals surface area contributed by atoms with Gasteiger partial charge in [0.25, 0.3) is 0 Å². The third-order valence-electron chi connectivity index (χ3n) is 4.63. The largest absolute Gasteiger partial charge is 0.478 e. The minimum absolute atomic E-state index is 0.0353. The highest BCUT2D eigenvalue weighted by Gasteiger charge is 2.30. The molecule has 1 atom stereocenters. The van der Waals surface area contributed by atoms with Crippen molar-refractivity contribution >= 4 is 11.9 Å². The highest BCUT2D eigenvalue weighted by molar-refractivity contribution is 5.87. The lowest BCUT2D eigenvalue weighted by molar-refractivity contribution is -0.125. The molecule has 1 amide bonds. The fourth-order valence-electron chi connectivity index (χ4n) is 3.21. The van der Waals surface area contributed by atoms with Crippen molar-refractivity contribution < 1.29 is 19.1 Å². The molecule has 1 heterocycles. The van der Waals surface area contributed by atoms with Crippen LogP contribution in [0, 0.1) is 5.82 Å². The smallest absolute Gasteiger partial charge is 0.335 e. The van der Waals surface area contributed by atoms with E-state index < -0.39 is 5.97 Å². The maximum Gasteiger partial charge on any atom is 0.335 e. The van der Waals surface area contributed by atoms with Gasteiger partial charge < -0.3 is 10.4 Å². The van der Waals surface area contributed by atoms with E-state index in [9.17, 15) is 14.0 Å². The van der Waals surface area contributed by atoms with Gasteiger partial charge in [-0.1, -0.05) is 24.3 Å². The number of halogens is 1. The number of hydrogen-bond acceptors (Lipinski definition) is 3. The number of carbonyl (C=O) groups excluding carboxylic acids is 1. The van der Waals surface area contributed by atoms with Gasteiger partial charge in [-0.25, -0.2) is 9.18 Å². The van der Waals surface area contributed by atoms with Crippen molar-refractivity contribution in [3.8, 4) is 0 Å². The maximum absolute atomic E-state index is 13.0. The molecule has 136 valence electrons. The molecule has 5 nitrogen and oxygen atoms in total. The molecule has 1 aliphatic rings. The third-order valence-corrected chi connectivity index (χ3v) is 4.63. The molecule has 6 heteroatoms. The SMILES string of the molecule is O=C(O)c1ccc(CNC(=O)[C@@H]2CCCN2Cc2ccc(F)cc2)cc1. The summed E-state index contributed by atoms with van der Waals surface area (Å²) in [6.07, 6.45) is 1.75. The molecule has 3 rings (SSSR count). The molecule has 0 unspecified atom stereocenters. The normalized spacial score (nSPS) is 17.2. The van der Waals surface area contributed by atoms with Crippen LogP contribution in [0.15, 0.2) is 48.5 Å². The van der Waals surface area contributed by atoms with Crippen molar-refractivity contribution in [2.45, 2.75) is 32.0 Å². The van der Waals surface area contributed by atoms with E-state index in [4.69, 9.17) is 5.11 Å². The number of aromatic carboxylic acids is 1. The molecule has 1 aliphatic heterocycles. The van der Waals surface area contributed by atoms with Crippen molar-refractivity contribution in [1.29, 1.82) is 0 Å². The van der Waals surface area contributed by atoms with Crippen LogP contribution in [0.2, 0.25) is 0 Å². The summed E-state index contributed by atoms with van der Waals surface area (Å²) in [5.74, 6) is -1.27. The van der Waals surface area contributed by atoms with E-state index in [0.29, 0.717) is 13.1 Å². The molecule has 0 aromatic heterocycles. The molecule has 0 saturated carbocycles. The lowest BCUT2D eigenvalue weighted by Crippen LogP contribution is -2.42. The van der Waals surface area contributed by atoms with Crippen LogP contribution in [0.5, 0.6) is 0 Å². The van der Waals surface area contributed by atoms with E-state index >= 15 is 0 Å². The van der Waals surface area contributed by atoms with Gasteiger partial charge in [-0.2, -0.15) is 0 Å². The Bertz CT molecular complexity index is 775. The number of nitrogens with zero attached hydrogens (tertiary/aromatic N) is 1. The number of amides is 1. The van der Waals surface area contributed by atoms with Crippen LogP contribution in [-0.2, 0) is 17.9 Å². The van der Waals surface area contributed by atoms with Crippen LogP contribution in [0.4, 0.5) is 4.39 Å². The van der Waals surface area contributed by atoms with Gasteiger partial charge in [0.2, 0.25) is 5.91 Å². The first-order valence-electron chi connectivity index (χ1n) is 8.61. The number of carboxylic acids is 1. The topological polar surface area (TPSA) is 69.6 Å². The number of carboxylic acid groups (broad SMARTS) is 1. The fourth-order valence-corrected chi connectivity index (χ4v) is 3.21. The Morgan fingerprint density at radius 1 is 1.08 bits per heavy atom. The zero-order valence-corrected chi connectivity index (χ0v) is 14.3. The van der Waals surface area contributed by atoms with Crippen LogP contribution in [0.3, 0.4) is 0 Å². The van der Waals surface area contributed by atoms with E-state index in [1.54, 1.807) is 24.3 Å². The predicted octanol–water partition coefficient (Wildman–Crippen LogP) is 2.80. The van der Waals surface area contributed by atoms with Crippen LogP contribution < -0.4 is 5.32 Å². The Labute approximate surface area is 151 Å². The second kappa shape index (κ2) is 8.10. The fraction of sp³-hybridized carbons (Fsp3) is 0.300. The molecule has 1 saturated heterocycles. The molecule has 0 radical (unpaired) electrons. The van der Waals surface area contributed by atoms with Gasteiger partial charge in [-0.15, -0.1) is 0 Å². The molecular formula is C20H21FN2O3. The van der Waals surface area contributed by atoms with Gasteiger partial charge in [0, 0.05) is 13.1 Å². The Morgan fingerprint density at radius 2 is 1.73 bits per heavy atom. The quantitative estimate of drug-likeness (QED) is 0.835. The first kappa shape index (κ1) is 18.1. The predicted molar refractivity (Wildman–Crippen MR) is 95.1 cm³/mol. The molecule has 2 aromatic carbocycles. The number of rotatable bonds is 6. The minimum atomic E-state index is -0.969. The maximum atomic E-state index is 13.0. The summed E-state index contributed by atoms with van der Waals surface area (Å²) in [6.45, 7) is 1.81. The Kier molecular flexibility index (Phi) is 5.63. The van der Waals surface area contributed by atoms with Crippen molar-refractivity contribution in [2.24, 2.45) is 0 Å². The Hall–Kier alpha value is -2.73. The molecule has 0 spiro atoms. The highest BCUT2D eigenvalue weighted by Crippen LogP contribution is 2.20. The summed E-state index contributed by atoms with van der Waals surface area (Å²) >= 11 is 0. The summed E-state index contributed by atoms with van der Waals surface area (Å²) < 4.78 is 13.0. The molecular weight excluding hydrogens is 335 g/mol. The van der Waals surface area contributed by atoms with Crippen molar-refractivity contribution in [2.75, 3.05) is 6.54 Å². The summed E-state index contributed by atoms with van der Waals surface area (Å²) in [7, 11) is 0. The number of carbonyl (C=O) groups is 2. The van der Waals surface area contributed by atoms with Gasteiger partial charge >= 0.3 is 5.97 Å². The summed E-state index contributed by atoms with van der Waals surface area (Å²) in [5, 5.41) is 11.8. The highest BCUT2D eigenvalue weighted by atomic mass is 19.1. The summed E-state index contributed by atoms with van der Waals surface area (Å²) in [5.41, 5.74) is 2.06. The zero-order chi connectivity index (χ0) is 18.5. The second-order valence-corrected chi connectivity index (χ2v) is 6.47. The van der Waals surface area contributed by atoms with E-state index in [2.05, 4.69) is 10.2 Å².